The molecule has 0 radical (unpaired) electrons. The van der Waals surface area contributed by atoms with Gasteiger partial charge in [-0.3, -0.25) is 4.79 Å². The summed E-state index contributed by atoms with van der Waals surface area (Å²) in [5.41, 5.74) is 1.08. The van der Waals surface area contributed by atoms with Gasteiger partial charge in [0, 0.05) is 13.5 Å². The summed E-state index contributed by atoms with van der Waals surface area (Å²) >= 11 is 1.49. The highest BCUT2D eigenvalue weighted by molar-refractivity contribution is 7.12. The Labute approximate surface area is 123 Å². The molecule has 0 aliphatic carbocycles. The van der Waals surface area contributed by atoms with Gasteiger partial charge in [-0.25, -0.2) is 0 Å². The van der Waals surface area contributed by atoms with Gasteiger partial charge in [-0.1, -0.05) is 18.2 Å². The van der Waals surface area contributed by atoms with Crippen LogP contribution in [0.2, 0.25) is 0 Å². The number of carbonyl (C=O) groups is 1. The van der Waals surface area contributed by atoms with Gasteiger partial charge in [0.15, 0.2) is 5.78 Å². The molecule has 0 atom stereocenters. The van der Waals surface area contributed by atoms with Crippen LogP contribution >= 0.6 is 11.3 Å². The first-order valence-corrected chi connectivity index (χ1v) is 7.45. The molecular formula is C16H18O3S. The van der Waals surface area contributed by atoms with E-state index in [1.807, 2.05) is 41.8 Å². The first-order chi connectivity index (χ1) is 9.79. The van der Waals surface area contributed by atoms with Gasteiger partial charge in [0.05, 0.1) is 18.1 Å². The van der Waals surface area contributed by atoms with E-state index < -0.39 is 0 Å². The van der Waals surface area contributed by atoms with E-state index in [1.54, 1.807) is 7.11 Å². The molecule has 1 aromatic carbocycles. The lowest BCUT2D eigenvalue weighted by Gasteiger charge is -2.07. The Morgan fingerprint density at radius 3 is 2.90 bits per heavy atom. The predicted molar refractivity (Wildman–Crippen MR) is 80.5 cm³/mol. The first kappa shape index (κ1) is 14.8. The molecule has 0 unspecified atom stereocenters. The zero-order valence-corrected chi connectivity index (χ0v) is 12.3. The molecule has 4 heteroatoms. The monoisotopic (exact) mass is 290 g/mol. The zero-order valence-electron chi connectivity index (χ0n) is 11.5. The SMILES string of the molecule is COCc1cccc(OCCCC(=O)c2cccs2)c1. The van der Waals surface area contributed by atoms with Crippen molar-refractivity contribution in [3.05, 3.63) is 52.2 Å². The van der Waals surface area contributed by atoms with Crippen molar-refractivity contribution in [1.82, 2.24) is 0 Å². The first-order valence-electron chi connectivity index (χ1n) is 6.57. The minimum Gasteiger partial charge on any atom is -0.494 e. The Bertz CT molecular complexity index is 534. The molecule has 0 amide bonds. The van der Waals surface area contributed by atoms with Crippen molar-refractivity contribution in [3.63, 3.8) is 0 Å². The molecule has 0 spiro atoms. The van der Waals surface area contributed by atoms with Crippen LogP contribution in [0, 0.1) is 0 Å². The summed E-state index contributed by atoms with van der Waals surface area (Å²) < 4.78 is 10.7. The number of Topliss-reactive ketones (excluding diaryl/α,β-unsaturated/α-hetero) is 1. The number of hydrogen-bond acceptors (Lipinski definition) is 4. The van der Waals surface area contributed by atoms with Gasteiger partial charge in [-0.05, 0) is 35.6 Å². The van der Waals surface area contributed by atoms with Crippen LogP contribution in [0.25, 0.3) is 0 Å². The maximum atomic E-state index is 11.8. The van der Waals surface area contributed by atoms with Crippen molar-refractivity contribution in [1.29, 1.82) is 0 Å². The number of methoxy groups -OCH3 is 1. The highest BCUT2D eigenvalue weighted by Gasteiger charge is 2.06. The summed E-state index contributed by atoms with van der Waals surface area (Å²) in [6, 6.07) is 11.6. The lowest BCUT2D eigenvalue weighted by Crippen LogP contribution is -2.02. The number of hydrogen-bond donors (Lipinski definition) is 0. The molecule has 0 aliphatic heterocycles. The standard InChI is InChI=1S/C16H18O3S/c1-18-12-13-5-2-6-14(11-13)19-9-3-7-15(17)16-8-4-10-20-16/h2,4-6,8,10-11H,3,7,9,12H2,1H3. The minimum absolute atomic E-state index is 0.191. The van der Waals surface area contributed by atoms with Crippen LogP contribution in [0.5, 0.6) is 5.75 Å². The summed E-state index contributed by atoms with van der Waals surface area (Å²) in [6.07, 6.45) is 1.25. The normalized spacial score (nSPS) is 10.4. The van der Waals surface area contributed by atoms with E-state index >= 15 is 0 Å². The zero-order chi connectivity index (χ0) is 14.2. The maximum Gasteiger partial charge on any atom is 0.172 e. The van der Waals surface area contributed by atoms with Gasteiger partial charge in [0.1, 0.15) is 5.75 Å². The molecule has 20 heavy (non-hydrogen) atoms. The summed E-state index contributed by atoms with van der Waals surface area (Å²) in [5.74, 6) is 1.01. The lowest BCUT2D eigenvalue weighted by molar-refractivity contribution is 0.0977. The third-order valence-corrected chi connectivity index (χ3v) is 3.73. The average molecular weight is 290 g/mol. The van der Waals surface area contributed by atoms with Gasteiger partial charge in [0.2, 0.25) is 0 Å². The van der Waals surface area contributed by atoms with Gasteiger partial charge in [-0.15, -0.1) is 11.3 Å². The van der Waals surface area contributed by atoms with Crippen LogP contribution in [-0.4, -0.2) is 19.5 Å². The summed E-state index contributed by atoms with van der Waals surface area (Å²) in [5, 5.41) is 1.92. The average Bonchev–Trinajstić information content (AvgIpc) is 2.98. The fourth-order valence-corrected chi connectivity index (χ4v) is 2.57. The second-order valence-corrected chi connectivity index (χ2v) is 5.38. The Balaban J connectivity index is 1.73. The van der Waals surface area contributed by atoms with E-state index in [9.17, 15) is 4.79 Å². The smallest absolute Gasteiger partial charge is 0.172 e. The van der Waals surface area contributed by atoms with Gasteiger partial charge >= 0.3 is 0 Å². The topological polar surface area (TPSA) is 35.5 Å². The van der Waals surface area contributed by atoms with Crippen LogP contribution < -0.4 is 4.74 Å². The highest BCUT2D eigenvalue weighted by Crippen LogP contribution is 2.15. The number of ether oxygens (including phenoxy) is 2. The molecule has 3 nitrogen and oxygen atoms in total. The molecule has 2 aromatic rings. The van der Waals surface area contributed by atoms with Crippen molar-refractivity contribution in [2.24, 2.45) is 0 Å². The van der Waals surface area contributed by atoms with Crippen molar-refractivity contribution in [2.75, 3.05) is 13.7 Å². The number of benzene rings is 1. The Morgan fingerprint density at radius 2 is 2.15 bits per heavy atom. The summed E-state index contributed by atoms with van der Waals surface area (Å²) in [6.45, 7) is 1.13. The lowest BCUT2D eigenvalue weighted by atomic mass is 10.2. The summed E-state index contributed by atoms with van der Waals surface area (Å²) in [7, 11) is 1.67. The molecular weight excluding hydrogens is 272 g/mol. The maximum absolute atomic E-state index is 11.8. The van der Waals surface area contributed by atoms with E-state index in [-0.39, 0.29) is 5.78 Å². The molecule has 0 saturated carbocycles. The number of ketones is 1. The van der Waals surface area contributed by atoms with E-state index in [2.05, 4.69) is 0 Å². The quantitative estimate of drug-likeness (QED) is 0.546. The van der Waals surface area contributed by atoms with E-state index in [0.29, 0.717) is 19.6 Å². The largest absolute Gasteiger partial charge is 0.494 e. The molecule has 1 aromatic heterocycles. The molecule has 2 rings (SSSR count). The van der Waals surface area contributed by atoms with Crippen LogP contribution in [0.1, 0.15) is 28.1 Å². The third kappa shape index (κ3) is 4.47. The van der Waals surface area contributed by atoms with Gasteiger partial charge in [-0.2, -0.15) is 0 Å². The molecule has 0 saturated heterocycles. The minimum atomic E-state index is 0.191. The molecule has 0 aliphatic rings. The Hall–Kier alpha value is -1.65. The van der Waals surface area contributed by atoms with Crippen molar-refractivity contribution in [3.8, 4) is 5.75 Å². The summed E-state index contributed by atoms with van der Waals surface area (Å²) in [4.78, 5) is 12.6. The van der Waals surface area contributed by atoms with Crippen LogP contribution in [0.15, 0.2) is 41.8 Å². The van der Waals surface area contributed by atoms with E-state index in [4.69, 9.17) is 9.47 Å². The van der Waals surface area contributed by atoms with E-state index in [1.165, 1.54) is 11.3 Å². The Morgan fingerprint density at radius 1 is 1.25 bits per heavy atom. The van der Waals surface area contributed by atoms with Crippen LogP contribution in [-0.2, 0) is 11.3 Å². The van der Waals surface area contributed by atoms with Crippen LogP contribution in [0.4, 0.5) is 0 Å². The fourth-order valence-electron chi connectivity index (χ4n) is 1.87. The Kier molecular flexibility index (Phi) is 5.77. The molecule has 1 heterocycles. The molecule has 106 valence electrons. The van der Waals surface area contributed by atoms with Crippen molar-refractivity contribution < 1.29 is 14.3 Å². The predicted octanol–water partition coefficient (Wildman–Crippen LogP) is 3.94. The number of carbonyl (C=O) groups excluding carboxylic acids is 1. The second kappa shape index (κ2) is 7.82. The fraction of sp³-hybridized carbons (Fsp3) is 0.312. The van der Waals surface area contributed by atoms with Crippen molar-refractivity contribution in [2.45, 2.75) is 19.4 Å². The molecule has 0 N–H and O–H groups in total. The number of rotatable bonds is 8. The van der Waals surface area contributed by atoms with Crippen molar-refractivity contribution >= 4 is 17.1 Å². The van der Waals surface area contributed by atoms with Gasteiger partial charge < -0.3 is 9.47 Å². The van der Waals surface area contributed by atoms with E-state index in [0.717, 1.165) is 22.6 Å². The van der Waals surface area contributed by atoms with Gasteiger partial charge in [0.25, 0.3) is 0 Å². The van der Waals surface area contributed by atoms with Crippen LogP contribution in [0.3, 0.4) is 0 Å². The third-order valence-electron chi connectivity index (χ3n) is 2.82. The second-order valence-electron chi connectivity index (χ2n) is 4.43. The highest BCUT2D eigenvalue weighted by atomic mass is 32.1. The molecule has 0 bridgehead atoms. The molecule has 0 fully saturated rings. The number of thiophene rings is 1.